The van der Waals surface area contributed by atoms with Crippen molar-refractivity contribution in [3.63, 3.8) is 0 Å². The summed E-state index contributed by atoms with van der Waals surface area (Å²) in [7, 11) is 0. The predicted molar refractivity (Wildman–Crippen MR) is 72.9 cm³/mol. The molecule has 96 valence electrons. The lowest BCUT2D eigenvalue weighted by Gasteiger charge is -2.26. The molecule has 1 aliphatic carbocycles. The van der Waals surface area contributed by atoms with Crippen LogP contribution in [0.2, 0.25) is 0 Å². The van der Waals surface area contributed by atoms with Gasteiger partial charge in [0.1, 0.15) is 0 Å². The third-order valence-corrected chi connectivity index (χ3v) is 4.32. The second-order valence-corrected chi connectivity index (χ2v) is 5.72. The molecule has 1 heterocycles. The molecule has 3 nitrogen and oxygen atoms in total. The molecule has 1 aromatic rings. The van der Waals surface area contributed by atoms with E-state index in [0.29, 0.717) is 11.5 Å². The fourth-order valence-corrected chi connectivity index (χ4v) is 2.79. The smallest absolute Gasteiger partial charge is 0.157 e. The van der Waals surface area contributed by atoms with Crippen molar-refractivity contribution in [3.05, 3.63) is 12.4 Å². The van der Waals surface area contributed by atoms with Crippen LogP contribution in [0.25, 0.3) is 0 Å². The Morgan fingerprint density at radius 3 is 2.71 bits per heavy atom. The number of hydrogen-bond acceptors (Lipinski definition) is 3. The molecule has 0 bridgehead atoms. The van der Waals surface area contributed by atoms with E-state index in [9.17, 15) is 0 Å². The quantitative estimate of drug-likeness (QED) is 0.816. The maximum Gasteiger partial charge on any atom is 0.157 e. The fraction of sp³-hybridized carbons (Fsp3) is 0.769. The van der Waals surface area contributed by atoms with E-state index in [1.165, 1.54) is 25.7 Å². The third-order valence-electron chi connectivity index (χ3n) is 3.65. The van der Waals surface area contributed by atoms with Gasteiger partial charge >= 0.3 is 0 Å². The van der Waals surface area contributed by atoms with Gasteiger partial charge in [0.05, 0.1) is 19.0 Å². The molecule has 1 aliphatic rings. The molecule has 1 aromatic heterocycles. The zero-order valence-electron chi connectivity index (χ0n) is 10.7. The Morgan fingerprint density at radius 2 is 2.18 bits per heavy atom. The minimum absolute atomic E-state index is 0.295. The zero-order chi connectivity index (χ0) is 12.3. The highest BCUT2D eigenvalue weighted by Crippen LogP contribution is 2.39. The lowest BCUT2D eigenvalue weighted by atomic mass is 9.90. The molecule has 0 aromatic carbocycles. The van der Waals surface area contributed by atoms with Crippen molar-refractivity contribution < 1.29 is 4.74 Å². The lowest BCUT2D eigenvalue weighted by molar-refractivity contribution is 0.173. The Labute approximate surface area is 109 Å². The second-order valence-electron chi connectivity index (χ2n) is 5.40. The van der Waals surface area contributed by atoms with E-state index < -0.39 is 0 Å². The van der Waals surface area contributed by atoms with E-state index in [1.54, 1.807) is 6.20 Å². The summed E-state index contributed by atoms with van der Waals surface area (Å²) in [6.07, 6.45) is 8.90. The summed E-state index contributed by atoms with van der Waals surface area (Å²) in [6, 6.07) is 0.387. The first-order valence-corrected chi connectivity index (χ1v) is 7.06. The molecule has 1 saturated carbocycles. The molecule has 17 heavy (non-hydrogen) atoms. The zero-order valence-corrected chi connectivity index (χ0v) is 11.6. The van der Waals surface area contributed by atoms with E-state index in [0.717, 1.165) is 18.1 Å². The molecule has 0 radical (unpaired) electrons. The van der Waals surface area contributed by atoms with Crippen LogP contribution in [-0.2, 0) is 0 Å². The van der Waals surface area contributed by atoms with Crippen LogP contribution >= 0.6 is 12.6 Å². The molecular formula is C13H22N2OS. The van der Waals surface area contributed by atoms with Crippen LogP contribution in [0.15, 0.2) is 12.4 Å². The van der Waals surface area contributed by atoms with Gasteiger partial charge in [-0.15, -0.1) is 0 Å². The van der Waals surface area contributed by atoms with Crippen molar-refractivity contribution in [3.8, 4) is 5.75 Å². The minimum Gasteiger partial charge on any atom is -0.490 e. The lowest BCUT2D eigenvalue weighted by Crippen LogP contribution is -2.27. The summed E-state index contributed by atoms with van der Waals surface area (Å²) in [6.45, 7) is 5.01. The molecule has 0 aliphatic heterocycles. The van der Waals surface area contributed by atoms with Crippen LogP contribution in [0.3, 0.4) is 0 Å². The van der Waals surface area contributed by atoms with Crippen molar-refractivity contribution in [2.75, 3.05) is 12.4 Å². The Morgan fingerprint density at radius 1 is 1.47 bits per heavy atom. The molecule has 0 atom stereocenters. The summed E-state index contributed by atoms with van der Waals surface area (Å²) in [5.41, 5.74) is 0.295. The molecular weight excluding hydrogens is 232 g/mol. The van der Waals surface area contributed by atoms with Crippen molar-refractivity contribution in [1.29, 1.82) is 0 Å². The number of rotatable bonds is 5. The number of thiol groups is 1. The van der Waals surface area contributed by atoms with Crippen molar-refractivity contribution in [2.45, 2.75) is 45.6 Å². The van der Waals surface area contributed by atoms with E-state index >= 15 is 0 Å². The summed E-state index contributed by atoms with van der Waals surface area (Å²) < 4.78 is 7.81. The van der Waals surface area contributed by atoms with Gasteiger partial charge in [-0.25, -0.2) is 0 Å². The molecule has 0 unspecified atom stereocenters. The normalized spacial score (nSPS) is 18.8. The predicted octanol–water partition coefficient (Wildman–Crippen LogP) is 3.33. The Hall–Kier alpha value is -0.640. The van der Waals surface area contributed by atoms with Crippen LogP contribution in [0, 0.1) is 5.41 Å². The van der Waals surface area contributed by atoms with Gasteiger partial charge in [-0.1, -0.05) is 12.8 Å². The van der Waals surface area contributed by atoms with Gasteiger partial charge in [0.15, 0.2) is 5.75 Å². The first kappa shape index (κ1) is 12.8. The maximum absolute atomic E-state index is 5.88. The Kier molecular flexibility index (Phi) is 4.02. The number of hydrogen-bond donors (Lipinski definition) is 1. The van der Waals surface area contributed by atoms with Crippen LogP contribution in [0.4, 0.5) is 0 Å². The van der Waals surface area contributed by atoms with Crippen molar-refractivity contribution in [1.82, 2.24) is 9.78 Å². The van der Waals surface area contributed by atoms with Crippen molar-refractivity contribution in [2.24, 2.45) is 5.41 Å². The summed E-state index contributed by atoms with van der Waals surface area (Å²) >= 11 is 4.48. The van der Waals surface area contributed by atoms with E-state index in [2.05, 4.69) is 31.6 Å². The molecule has 4 heteroatoms. The molecule has 0 amide bonds. The summed E-state index contributed by atoms with van der Waals surface area (Å²) in [5.74, 6) is 1.80. The monoisotopic (exact) mass is 254 g/mol. The average Bonchev–Trinajstić information content (AvgIpc) is 2.96. The first-order chi connectivity index (χ1) is 8.15. The Bertz CT molecular complexity index is 356. The number of aromatic nitrogens is 2. The van der Waals surface area contributed by atoms with E-state index in [1.807, 2.05) is 10.9 Å². The van der Waals surface area contributed by atoms with Gasteiger partial charge in [0.25, 0.3) is 0 Å². The topological polar surface area (TPSA) is 27.1 Å². The number of ether oxygens (including phenoxy) is 1. The minimum atomic E-state index is 0.295. The number of nitrogens with zero attached hydrogens (tertiary/aromatic N) is 2. The molecule has 1 fully saturated rings. The van der Waals surface area contributed by atoms with Gasteiger partial charge in [0.2, 0.25) is 0 Å². The van der Waals surface area contributed by atoms with E-state index in [-0.39, 0.29) is 0 Å². The van der Waals surface area contributed by atoms with Gasteiger partial charge in [-0.3, -0.25) is 4.68 Å². The second kappa shape index (κ2) is 5.34. The highest BCUT2D eigenvalue weighted by Gasteiger charge is 2.33. The van der Waals surface area contributed by atoms with Crippen molar-refractivity contribution >= 4 is 12.6 Å². The van der Waals surface area contributed by atoms with Gasteiger partial charge in [-0.05, 0) is 32.4 Å². The molecule has 0 saturated heterocycles. The molecule has 0 spiro atoms. The standard InChI is InChI=1S/C13H22N2OS/c1-11(2)15-8-12(7-14-15)16-9-13(10-17)5-3-4-6-13/h7-8,11,17H,3-6,9-10H2,1-2H3. The average molecular weight is 254 g/mol. The summed E-state index contributed by atoms with van der Waals surface area (Å²) in [4.78, 5) is 0. The van der Waals surface area contributed by atoms with Crippen LogP contribution in [0.1, 0.15) is 45.6 Å². The third kappa shape index (κ3) is 2.97. The van der Waals surface area contributed by atoms with Gasteiger partial charge in [0, 0.05) is 11.5 Å². The Balaban J connectivity index is 1.92. The highest BCUT2D eigenvalue weighted by molar-refractivity contribution is 7.80. The molecule has 0 N–H and O–H groups in total. The van der Waals surface area contributed by atoms with Gasteiger partial charge in [-0.2, -0.15) is 17.7 Å². The molecule has 2 rings (SSSR count). The highest BCUT2D eigenvalue weighted by atomic mass is 32.1. The van der Waals surface area contributed by atoms with Crippen LogP contribution in [-0.4, -0.2) is 22.1 Å². The van der Waals surface area contributed by atoms with E-state index in [4.69, 9.17) is 4.74 Å². The largest absolute Gasteiger partial charge is 0.490 e. The fourth-order valence-electron chi connectivity index (χ4n) is 2.39. The first-order valence-electron chi connectivity index (χ1n) is 6.43. The maximum atomic E-state index is 5.88. The SMILES string of the molecule is CC(C)n1cc(OCC2(CS)CCCC2)cn1. The van der Waals surface area contributed by atoms with Crippen LogP contribution < -0.4 is 4.74 Å². The van der Waals surface area contributed by atoms with Gasteiger partial charge < -0.3 is 4.74 Å². The summed E-state index contributed by atoms with van der Waals surface area (Å²) in [5, 5.41) is 4.28. The van der Waals surface area contributed by atoms with Crippen LogP contribution in [0.5, 0.6) is 5.75 Å².